The second kappa shape index (κ2) is 6.39. The molecule has 0 aliphatic heterocycles. The van der Waals surface area contributed by atoms with Crippen LogP contribution < -0.4 is 9.88 Å². The number of hydrogen-bond donors (Lipinski definition) is 1. The lowest BCUT2D eigenvalue weighted by atomic mass is 10.1. The highest BCUT2D eigenvalue weighted by molar-refractivity contribution is 9.10. The predicted molar refractivity (Wildman–Crippen MR) is 94.6 cm³/mol. The number of nitrogens with two attached hydrogens (primary N) is 1. The van der Waals surface area contributed by atoms with Gasteiger partial charge in [-0.25, -0.2) is 18.5 Å². The van der Waals surface area contributed by atoms with Gasteiger partial charge < -0.3 is 4.74 Å². The van der Waals surface area contributed by atoms with Crippen molar-refractivity contribution in [3.63, 3.8) is 0 Å². The maximum atomic E-state index is 11.8. The number of ether oxygens (including phenoxy) is 1. The summed E-state index contributed by atoms with van der Waals surface area (Å²) in [5.74, 6) is 0.965. The molecule has 0 saturated heterocycles. The number of primary sulfonamides is 1. The summed E-state index contributed by atoms with van der Waals surface area (Å²) in [7, 11) is -2.32. The molecule has 0 unspecified atom stereocenters. The van der Waals surface area contributed by atoms with Crippen LogP contribution in [0, 0.1) is 0 Å². The summed E-state index contributed by atoms with van der Waals surface area (Å²) >= 11 is 3.34. The van der Waals surface area contributed by atoms with Crippen molar-refractivity contribution < 1.29 is 13.2 Å². The van der Waals surface area contributed by atoms with Gasteiger partial charge in [0.05, 0.1) is 12.8 Å². The second-order valence-corrected chi connectivity index (χ2v) is 7.50. The molecule has 2 heterocycles. The van der Waals surface area contributed by atoms with Gasteiger partial charge in [-0.15, -0.1) is 0 Å². The molecule has 0 aliphatic rings. The van der Waals surface area contributed by atoms with E-state index in [0.717, 1.165) is 10.0 Å². The summed E-state index contributed by atoms with van der Waals surface area (Å²) in [6.07, 6.45) is 3.06. The van der Waals surface area contributed by atoms with E-state index in [2.05, 4.69) is 20.9 Å². The molecule has 2 aromatic heterocycles. The van der Waals surface area contributed by atoms with Crippen molar-refractivity contribution in [2.75, 3.05) is 7.11 Å². The third-order valence-corrected chi connectivity index (χ3v) is 4.75. The predicted octanol–water partition coefficient (Wildman–Crippen LogP) is 2.96. The first-order valence-corrected chi connectivity index (χ1v) is 9.24. The molecule has 24 heavy (non-hydrogen) atoms. The smallest absolute Gasteiger partial charge is 0.239 e. The Kier molecular flexibility index (Phi) is 4.44. The molecular formula is C16H14BrN3O3S. The van der Waals surface area contributed by atoms with E-state index >= 15 is 0 Å². The van der Waals surface area contributed by atoms with Crippen LogP contribution in [0.3, 0.4) is 0 Å². The SMILES string of the molecule is COc1cc(Br)cnc1-n1cc(S(N)(=O)=O)cc1-c1ccccc1. The summed E-state index contributed by atoms with van der Waals surface area (Å²) < 4.78 is 31.3. The Morgan fingerprint density at radius 1 is 1.21 bits per heavy atom. The van der Waals surface area contributed by atoms with Crippen LogP contribution >= 0.6 is 15.9 Å². The minimum absolute atomic E-state index is 0.00752. The second-order valence-electron chi connectivity index (χ2n) is 5.02. The van der Waals surface area contributed by atoms with Gasteiger partial charge in [0, 0.05) is 16.9 Å². The zero-order valence-corrected chi connectivity index (χ0v) is 15.1. The van der Waals surface area contributed by atoms with Crippen LogP contribution in [0.2, 0.25) is 0 Å². The van der Waals surface area contributed by atoms with Gasteiger partial charge in [0.25, 0.3) is 0 Å². The zero-order valence-electron chi connectivity index (χ0n) is 12.7. The Morgan fingerprint density at radius 2 is 1.92 bits per heavy atom. The normalized spacial score (nSPS) is 11.5. The van der Waals surface area contributed by atoms with Crippen LogP contribution in [0.1, 0.15) is 0 Å². The van der Waals surface area contributed by atoms with Crippen molar-refractivity contribution in [1.29, 1.82) is 0 Å². The maximum absolute atomic E-state index is 11.8. The number of halogens is 1. The van der Waals surface area contributed by atoms with Crippen LogP contribution in [0.5, 0.6) is 5.75 Å². The van der Waals surface area contributed by atoms with Gasteiger partial charge in [-0.2, -0.15) is 0 Å². The third-order valence-electron chi connectivity index (χ3n) is 3.44. The van der Waals surface area contributed by atoms with Crippen LogP contribution in [0.4, 0.5) is 0 Å². The number of pyridine rings is 1. The number of nitrogens with zero attached hydrogens (tertiary/aromatic N) is 2. The molecule has 3 rings (SSSR count). The molecule has 0 bridgehead atoms. The summed E-state index contributed by atoms with van der Waals surface area (Å²) in [6.45, 7) is 0. The molecule has 8 heteroatoms. The van der Waals surface area contributed by atoms with Gasteiger partial charge >= 0.3 is 0 Å². The fourth-order valence-electron chi connectivity index (χ4n) is 2.35. The average molecular weight is 408 g/mol. The van der Waals surface area contributed by atoms with E-state index in [1.165, 1.54) is 19.4 Å². The molecule has 0 fully saturated rings. The third kappa shape index (κ3) is 3.21. The number of benzene rings is 1. The first kappa shape index (κ1) is 16.7. The molecule has 0 spiro atoms. The number of sulfonamides is 1. The van der Waals surface area contributed by atoms with Gasteiger partial charge in [-0.3, -0.25) is 4.57 Å². The molecule has 0 atom stereocenters. The number of hydrogen-bond acceptors (Lipinski definition) is 4. The van der Waals surface area contributed by atoms with Crippen LogP contribution in [-0.2, 0) is 10.0 Å². The Labute approximate surface area is 148 Å². The van der Waals surface area contributed by atoms with E-state index in [9.17, 15) is 8.42 Å². The monoisotopic (exact) mass is 407 g/mol. The summed E-state index contributed by atoms with van der Waals surface area (Å²) in [5.41, 5.74) is 1.48. The first-order chi connectivity index (χ1) is 11.4. The van der Waals surface area contributed by atoms with Crippen LogP contribution in [0.15, 0.2) is 64.2 Å². The van der Waals surface area contributed by atoms with Gasteiger partial charge in [0.15, 0.2) is 11.6 Å². The summed E-state index contributed by atoms with van der Waals surface area (Å²) in [4.78, 5) is 4.36. The quantitative estimate of drug-likeness (QED) is 0.719. The zero-order chi connectivity index (χ0) is 17.3. The molecular weight excluding hydrogens is 394 g/mol. The highest BCUT2D eigenvalue weighted by Crippen LogP contribution is 2.31. The number of methoxy groups -OCH3 is 1. The Bertz CT molecular complexity index is 985. The fraction of sp³-hybridized carbons (Fsp3) is 0.0625. The summed E-state index contributed by atoms with van der Waals surface area (Å²) in [6, 6.07) is 12.7. The molecule has 124 valence electrons. The molecule has 1 aromatic carbocycles. The standard InChI is InChI=1S/C16H14BrN3O3S/c1-23-15-7-12(17)9-19-16(15)20-10-13(24(18,21)22)8-14(20)11-5-3-2-4-6-11/h2-10H,1H3,(H2,18,21,22). The summed E-state index contributed by atoms with van der Waals surface area (Å²) in [5, 5.41) is 5.29. The van der Waals surface area contributed by atoms with Crippen molar-refractivity contribution in [1.82, 2.24) is 9.55 Å². The van der Waals surface area contributed by atoms with E-state index in [1.54, 1.807) is 16.8 Å². The van der Waals surface area contributed by atoms with E-state index in [-0.39, 0.29) is 4.90 Å². The Hall–Kier alpha value is -2.16. The van der Waals surface area contributed by atoms with Crippen molar-refractivity contribution in [3.05, 3.63) is 59.3 Å². The largest absolute Gasteiger partial charge is 0.493 e. The van der Waals surface area contributed by atoms with Gasteiger partial charge in [-0.05, 0) is 33.6 Å². The first-order valence-electron chi connectivity index (χ1n) is 6.90. The topological polar surface area (TPSA) is 87.2 Å². The van der Waals surface area contributed by atoms with Crippen molar-refractivity contribution in [2.24, 2.45) is 5.14 Å². The molecule has 0 saturated carbocycles. The van der Waals surface area contributed by atoms with E-state index in [1.807, 2.05) is 30.3 Å². The van der Waals surface area contributed by atoms with Crippen molar-refractivity contribution in [2.45, 2.75) is 4.90 Å². The lowest BCUT2D eigenvalue weighted by molar-refractivity contribution is 0.410. The number of aromatic nitrogens is 2. The molecule has 3 aromatic rings. The lowest BCUT2D eigenvalue weighted by Crippen LogP contribution is -2.11. The average Bonchev–Trinajstić information content (AvgIpc) is 3.01. The molecule has 6 nitrogen and oxygen atoms in total. The molecule has 0 amide bonds. The van der Waals surface area contributed by atoms with Crippen molar-refractivity contribution in [3.8, 4) is 22.8 Å². The molecule has 0 aliphatic carbocycles. The molecule has 2 N–H and O–H groups in total. The van der Waals surface area contributed by atoms with Crippen molar-refractivity contribution >= 4 is 26.0 Å². The lowest BCUT2D eigenvalue weighted by Gasteiger charge is -2.12. The minimum Gasteiger partial charge on any atom is -0.493 e. The maximum Gasteiger partial charge on any atom is 0.239 e. The van der Waals surface area contributed by atoms with Gasteiger partial charge in [-0.1, -0.05) is 30.3 Å². The minimum atomic E-state index is -3.85. The van der Waals surface area contributed by atoms with Crippen LogP contribution in [-0.4, -0.2) is 25.1 Å². The molecule has 0 radical (unpaired) electrons. The Morgan fingerprint density at radius 3 is 2.54 bits per heavy atom. The van der Waals surface area contributed by atoms with Crippen LogP contribution in [0.25, 0.3) is 17.1 Å². The highest BCUT2D eigenvalue weighted by atomic mass is 79.9. The highest BCUT2D eigenvalue weighted by Gasteiger charge is 2.19. The number of rotatable bonds is 4. The van der Waals surface area contributed by atoms with Gasteiger partial charge in [0.1, 0.15) is 4.90 Å². The van der Waals surface area contributed by atoms with E-state index < -0.39 is 10.0 Å². The van der Waals surface area contributed by atoms with E-state index in [0.29, 0.717) is 17.3 Å². The van der Waals surface area contributed by atoms with Gasteiger partial charge in [0.2, 0.25) is 10.0 Å². The van der Waals surface area contributed by atoms with E-state index in [4.69, 9.17) is 9.88 Å². The Balaban J connectivity index is 2.29. The fourth-order valence-corrected chi connectivity index (χ4v) is 3.18.